The first-order chi connectivity index (χ1) is 14.5. The van der Waals surface area contributed by atoms with Crippen LogP contribution in [0.25, 0.3) is 0 Å². The lowest BCUT2D eigenvalue weighted by molar-refractivity contribution is -0.121. The summed E-state index contributed by atoms with van der Waals surface area (Å²) in [6, 6.07) is 15.5. The number of amides is 3. The van der Waals surface area contributed by atoms with Gasteiger partial charge in [0.05, 0.1) is 5.92 Å². The highest BCUT2D eigenvalue weighted by Gasteiger charge is 2.28. The second kappa shape index (κ2) is 10.1. The lowest BCUT2D eigenvalue weighted by Gasteiger charge is -2.32. The molecule has 2 N–H and O–H groups in total. The van der Waals surface area contributed by atoms with E-state index in [-0.39, 0.29) is 17.9 Å². The number of nitrogens with zero attached hydrogens (tertiary/aromatic N) is 2. The molecular weight excluding hydrogens is 376 g/mol. The quantitative estimate of drug-likeness (QED) is 0.727. The van der Waals surface area contributed by atoms with Crippen LogP contribution in [0, 0.1) is 12.8 Å². The van der Waals surface area contributed by atoms with Crippen molar-refractivity contribution >= 4 is 29.0 Å². The van der Waals surface area contributed by atoms with Crippen molar-refractivity contribution in [1.82, 2.24) is 4.90 Å². The van der Waals surface area contributed by atoms with Gasteiger partial charge >= 0.3 is 6.03 Å². The smallest absolute Gasteiger partial charge is 0.321 e. The fourth-order valence-corrected chi connectivity index (χ4v) is 3.89. The van der Waals surface area contributed by atoms with Crippen LogP contribution in [-0.4, -0.2) is 43.0 Å². The van der Waals surface area contributed by atoms with Crippen molar-refractivity contribution in [2.75, 3.05) is 41.7 Å². The maximum Gasteiger partial charge on any atom is 0.321 e. The van der Waals surface area contributed by atoms with Gasteiger partial charge in [0.15, 0.2) is 0 Å². The number of benzene rings is 2. The minimum atomic E-state index is -0.204. The molecule has 1 fully saturated rings. The summed E-state index contributed by atoms with van der Waals surface area (Å²) in [7, 11) is 0. The second-order valence-corrected chi connectivity index (χ2v) is 7.79. The molecule has 3 amide bonds. The van der Waals surface area contributed by atoms with E-state index in [0.717, 1.165) is 48.6 Å². The number of rotatable bonds is 6. The molecular formula is C24H32N4O2. The third-order valence-electron chi connectivity index (χ3n) is 5.61. The maximum atomic E-state index is 12.8. The number of carbonyl (C=O) groups excluding carboxylic acids is 2. The number of urea groups is 1. The summed E-state index contributed by atoms with van der Waals surface area (Å²) in [5, 5.41) is 5.95. The predicted molar refractivity (Wildman–Crippen MR) is 123 cm³/mol. The van der Waals surface area contributed by atoms with E-state index < -0.39 is 0 Å². The Labute approximate surface area is 179 Å². The molecule has 160 valence electrons. The maximum absolute atomic E-state index is 12.8. The Balaban J connectivity index is 1.56. The second-order valence-electron chi connectivity index (χ2n) is 7.79. The first-order valence-electron chi connectivity index (χ1n) is 10.8. The lowest BCUT2D eigenvalue weighted by Crippen LogP contribution is -2.45. The Morgan fingerprint density at radius 2 is 1.77 bits per heavy atom. The highest BCUT2D eigenvalue weighted by Crippen LogP contribution is 2.22. The van der Waals surface area contributed by atoms with Gasteiger partial charge in [0.1, 0.15) is 0 Å². The molecule has 1 heterocycles. The van der Waals surface area contributed by atoms with Gasteiger partial charge < -0.3 is 20.4 Å². The molecule has 1 aliphatic heterocycles. The van der Waals surface area contributed by atoms with E-state index in [1.54, 1.807) is 4.90 Å². The molecule has 0 aliphatic carbocycles. The van der Waals surface area contributed by atoms with Crippen molar-refractivity contribution < 1.29 is 9.59 Å². The summed E-state index contributed by atoms with van der Waals surface area (Å²) in [6.07, 6.45) is 1.61. The summed E-state index contributed by atoms with van der Waals surface area (Å²) in [5.74, 6) is -0.233. The van der Waals surface area contributed by atoms with E-state index in [0.29, 0.717) is 13.1 Å². The number of hydrogen-bond donors (Lipinski definition) is 2. The minimum absolute atomic E-state index is 0.0290. The van der Waals surface area contributed by atoms with E-state index in [4.69, 9.17) is 0 Å². The SMILES string of the molecule is CCN(CC)c1ccc(NC(=O)C2CCCN(C(=O)Nc3cccc(C)c3)C2)cc1. The van der Waals surface area contributed by atoms with Crippen molar-refractivity contribution in [2.45, 2.75) is 33.6 Å². The fraction of sp³-hybridized carbons (Fsp3) is 0.417. The van der Waals surface area contributed by atoms with Gasteiger partial charge in [-0.2, -0.15) is 0 Å². The van der Waals surface area contributed by atoms with E-state index in [9.17, 15) is 9.59 Å². The number of nitrogens with one attached hydrogen (secondary N) is 2. The van der Waals surface area contributed by atoms with Crippen LogP contribution in [-0.2, 0) is 4.79 Å². The van der Waals surface area contributed by atoms with Crippen molar-refractivity contribution in [1.29, 1.82) is 0 Å². The Kier molecular flexibility index (Phi) is 7.33. The average Bonchev–Trinajstić information content (AvgIpc) is 2.76. The van der Waals surface area contributed by atoms with Crippen molar-refractivity contribution in [3.8, 4) is 0 Å². The summed E-state index contributed by atoms with van der Waals surface area (Å²) >= 11 is 0. The van der Waals surface area contributed by atoms with E-state index in [2.05, 4.69) is 29.4 Å². The van der Waals surface area contributed by atoms with Crippen molar-refractivity contribution in [3.05, 3.63) is 54.1 Å². The molecule has 0 aromatic heterocycles. The zero-order valence-corrected chi connectivity index (χ0v) is 18.1. The molecule has 30 heavy (non-hydrogen) atoms. The topological polar surface area (TPSA) is 64.7 Å². The summed E-state index contributed by atoms with van der Waals surface area (Å²) in [6.45, 7) is 9.24. The van der Waals surface area contributed by atoms with Gasteiger partial charge in [-0.25, -0.2) is 4.79 Å². The molecule has 0 radical (unpaired) electrons. The predicted octanol–water partition coefficient (Wildman–Crippen LogP) is 4.72. The van der Waals surface area contributed by atoms with Crippen LogP contribution in [0.4, 0.5) is 21.9 Å². The van der Waals surface area contributed by atoms with E-state index >= 15 is 0 Å². The fourth-order valence-electron chi connectivity index (χ4n) is 3.89. The number of aryl methyl sites for hydroxylation is 1. The molecule has 0 bridgehead atoms. The highest BCUT2D eigenvalue weighted by molar-refractivity contribution is 5.94. The molecule has 1 unspecified atom stereocenters. The van der Waals surface area contributed by atoms with Gasteiger partial charge in [-0.1, -0.05) is 12.1 Å². The molecule has 6 nitrogen and oxygen atoms in total. The molecule has 0 saturated carbocycles. The minimum Gasteiger partial charge on any atom is -0.372 e. The number of likely N-dealkylation sites (tertiary alicyclic amines) is 1. The zero-order chi connectivity index (χ0) is 21.5. The summed E-state index contributed by atoms with van der Waals surface area (Å²) < 4.78 is 0. The Bertz CT molecular complexity index is 862. The van der Waals surface area contributed by atoms with Gasteiger partial charge in [-0.3, -0.25) is 4.79 Å². The van der Waals surface area contributed by atoms with Crippen LogP contribution >= 0.6 is 0 Å². The molecule has 3 rings (SSSR count). The lowest BCUT2D eigenvalue weighted by atomic mass is 9.97. The van der Waals surface area contributed by atoms with Gasteiger partial charge in [0.2, 0.25) is 5.91 Å². The zero-order valence-electron chi connectivity index (χ0n) is 18.1. The molecule has 0 spiro atoms. The molecule has 1 saturated heterocycles. The van der Waals surface area contributed by atoms with Crippen molar-refractivity contribution in [2.24, 2.45) is 5.92 Å². The summed E-state index contributed by atoms with van der Waals surface area (Å²) in [4.78, 5) is 29.4. The van der Waals surface area contributed by atoms with E-state index in [1.807, 2.05) is 55.5 Å². The molecule has 1 aliphatic rings. The first kappa shape index (κ1) is 21.7. The molecule has 1 atom stereocenters. The van der Waals surface area contributed by atoms with Crippen LogP contribution in [0.2, 0.25) is 0 Å². The molecule has 2 aromatic rings. The van der Waals surface area contributed by atoms with Crippen LogP contribution in [0.5, 0.6) is 0 Å². The number of carbonyl (C=O) groups is 2. The van der Waals surface area contributed by atoms with Gasteiger partial charge in [-0.15, -0.1) is 0 Å². The highest BCUT2D eigenvalue weighted by atomic mass is 16.2. The van der Waals surface area contributed by atoms with Crippen LogP contribution in [0.15, 0.2) is 48.5 Å². The molecule has 6 heteroatoms. The normalized spacial score (nSPS) is 16.1. The standard InChI is InChI=1S/C24H32N4O2/c1-4-27(5-2)22-13-11-20(12-14-22)25-23(29)19-9-7-15-28(17-19)24(30)26-21-10-6-8-18(3)16-21/h6,8,10-14,16,19H,4-5,7,9,15,17H2,1-3H3,(H,25,29)(H,26,30). The Hall–Kier alpha value is -3.02. The van der Waals surface area contributed by atoms with Gasteiger partial charge in [0, 0.05) is 43.2 Å². The number of hydrogen-bond acceptors (Lipinski definition) is 3. The van der Waals surface area contributed by atoms with Gasteiger partial charge in [0.25, 0.3) is 0 Å². The monoisotopic (exact) mass is 408 g/mol. The molecule has 2 aromatic carbocycles. The van der Waals surface area contributed by atoms with Crippen LogP contribution < -0.4 is 15.5 Å². The van der Waals surface area contributed by atoms with E-state index in [1.165, 1.54) is 0 Å². The number of piperidine rings is 1. The van der Waals surface area contributed by atoms with Crippen LogP contribution in [0.1, 0.15) is 32.3 Å². The van der Waals surface area contributed by atoms with Crippen molar-refractivity contribution in [3.63, 3.8) is 0 Å². The third kappa shape index (κ3) is 5.53. The Morgan fingerprint density at radius 1 is 1.03 bits per heavy atom. The Morgan fingerprint density at radius 3 is 2.43 bits per heavy atom. The van der Waals surface area contributed by atoms with Crippen LogP contribution in [0.3, 0.4) is 0 Å². The number of anilines is 3. The van der Waals surface area contributed by atoms with Gasteiger partial charge in [-0.05, 0) is 75.6 Å². The largest absolute Gasteiger partial charge is 0.372 e. The summed E-state index contributed by atoms with van der Waals surface area (Å²) in [5.41, 5.74) is 3.81. The third-order valence-corrected chi connectivity index (χ3v) is 5.61. The first-order valence-corrected chi connectivity index (χ1v) is 10.8. The average molecular weight is 409 g/mol.